The molecule has 2 aliphatic heterocycles. The molecule has 3 amide bonds. The first-order chi connectivity index (χ1) is 24.7. The van der Waals surface area contributed by atoms with E-state index in [0.717, 1.165) is 35.2 Å². The van der Waals surface area contributed by atoms with Crippen LogP contribution in [0.15, 0.2) is 67.3 Å². The number of anilines is 3. The fourth-order valence-corrected chi connectivity index (χ4v) is 6.60. The first-order valence-electron chi connectivity index (χ1n) is 17.1. The Hall–Kier alpha value is -5.89. The second-order valence-electron chi connectivity index (χ2n) is 12.8. The summed E-state index contributed by atoms with van der Waals surface area (Å²) in [6, 6.07) is 13.9. The number of nitrogens with two attached hydrogens (primary N) is 1. The van der Waals surface area contributed by atoms with Crippen LogP contribution < -0.4 is 26.2 Å². The van der Waals surface area contributed by atoms with Crippen LogP contribution in [0.1, 0.15) is 53.1 Å². The van der Waals surface area contributed by atoms with Gasteiger partial charge >= 0.3 is 0 Å². The van der Waals surface area contributed by atoms with Gasteiger partial charge in [0.15, 0.2) is 11.5 Å². The molecule has 1 saturated heterocycles. The van der Waals surface area contributed by atoms with Crippen molar-refractivity contribution in [1.82, 2.24) is 35.0 Å². The topological polar surface area (TPSA) is 173 Å². The molecule has 0 saturated carbocycles. The molecule has 0 unspecified atom stereocenters. The predicted octanol–water partition coefficient (Wildman–Crippen LogP) is 3.51. The molecule has 5 heterocycles. The molecule has 0 radical (unpaired) electrons. The van der Waals surface area contributed by atoms with Gasteiger partial charge in [-0.15, -0.1) is 0 Å². The number of fused-ring (bicyclic) bond motifs is 2. The van der Waals surface area contributed by atoms with Crippen LogP contribution in [-0.4, -0.2) is 87.5 Å². The number of imidazole rings is 1. The third-order valence-corrected chi connectivity index (χ3v) is 9.29. The average Bonchev–Trinajstić information content (AvgIpc) is 3.59. The summed E-state index contributed by atoms with van der Waals surface area (Å²) in [5.41, 5.74) is 12.5. The molecule has 0 bridgehead atoms. The van der Waals surface area contributed by atoms with Gasteiger partial charge in [-0.1, -0.05) is 18.2 Å². The highest BCUT2D eigenvalue weighted by molar-refractivity contribution is 5.96. The molecule has 2 aromatic carbocycles. The molecular formula is C37H40N10O4. The highest BCUT2D eigenvalue weighted by Crippen LogP contribution is 2.34. The monoisotopic (exact) mass is 688 g/mol. The summed E-state index contributed by atoms with van der Waals surface area (Å²) in [5.74, 6) is 0.357. The maximum absolute atomic E-state index is 13.1. The highest BCUT2D eigenvalue weighted by atomic mass is 16.5. The molecule has 14 heteroatoms. The van der Waals surface area contributed by atoms with Crippen molar-refractivity contribution in [3.63, 3.8) is 0 Å². The van der Waals surface area contributed by atoms with Gasteiger partial charge in [0.05, 0.1) is 18.9 Å². The number of rotatable bonds is 9. The zero-order chi connectivity index (χ0) is 35.5. The molecule has 5 aromatic rings. The number of nitrogens with one attached hydrogen (secondary N) is 2. The van der Waals surface area contributed by atoms with Gasteiger partial charge in [-0.25, -0.2) is 19.9 Å². The van der Waals surface area contributed by atoms with E-state index in [1.807, 2.05) is 41.3 Å². The van der Waals surface area contributed by atoms with E-state index in [2.05, 4.69) is 43.5 Å². The Balaban J connectivity index is 0.942. The van der Waals surface area contributed by atoms with Crippen LogP contribution in [0, 0.1) is 0 Å². The zero-order valence-electron chi connectivity index (χ0n) is 28.6. The molecule has 3 aromatic heterocycles. The van der Waals surface area contributed by atoms with Gasteiger partial charge in [0.2, 0.25) is 11.9 Å². The number of nitrogens with zero attached hydrogens (tertiary/aromatic N) is 7. The van der Waals surface area contributed by atoms with Crippen molar-refractivity contribution in [2.75, 3.05) is 54.9 Å². The third kappa shape index (κ3) is 7.22. The lowest BCUT2D eigenvalue weighted by molar-refractivity contribution is -0.117. The van der Waals surface area contributed by atoms with Gasteiger partial charge in [-0.3, -0.25) is 14.4 Å². The normalized spacial score (nSPS) is 15.8. The molecule has 0 spiro atoms. The Morgan fingerprint density at radius 2 is 1.61 bits per heavy atom. The maximum atomic E-state index is 13.1. The standard InChI is InChI=1S/C37H40N10O4/c1-23-4-5-28-18-27(10-11-32(28)47(23)24(2)48)25-6-8-26(9-7-25)35(49)39-12-3-13-40-36(50)31-22-46-21-30(29-19-41-37(38)42-20-29)43-33(34(46)44-31)45-14-16-51-17-15-45/h6-11,18-23H,3-5,12-17H2,1-2H3,(H,39,49)(H,40,50)(H2,38,41,42)/t23-/m0/s1. The maximum Gasteiger partial charge on any atom is 0.271 e. The smallest absolute Gasteiger partial charge is 0.271 e. The van der Waals surface area contributed by atoms with Crippen LogP contribution in [0.2, 0.25) is 0 Å². The number of benzene rings is 2. The van der Waals surface area contributed by atoms with Crippen molar-refractivity contribution in [1.29, 1.82) is 0 Å². The van der Waals surface area contributed by atoms with Gasteiger partial charge in [0, 0.05) is 80.7 Å². The van der Waals surface area contributed by atoms with Gasteiger partial charge in [0.1, 0.15) is 5.69 Å². The Morgan fingerprint density at radius 1 is 0.902 bits per heavy atom. The molecule has 1 fully saturated rings. The van der Waals surface area contributed by atoms with Crippen LogP contribution in [0.4, 0.5) is 17.5 Å². The summed E-state index contributed by atoms with van der Waals surface area (Å²) in [7, 11) is 0. The number of carbonyl (C=O) groups excluding carboxylic acids is 3. The fourth-order valence-electron chi connectivity index (χ4n) is 6.60. The van der Waals surface area contributed by atoms with Crippen molar-refractivity contribution in [2.45, 2.75) is 39.2 Å². The summed E-state index contributed by atoms with van der Waals surface area (Å²) in [6.45, 7) is 6.85. The van der Waals surface area contributed by atoms with E-state index in [9.17, 15) is 14.4 Å². The average molecular weight is 689 g/mol. The molecule has 14 nitrogen and oxygen atoms in total. The van der Waals surface area contributed by atoms with E-state index >= 15 is 0 Å². The first-order valence-corrected chi connectivity index (χ1v) is 17.1. The molecular weight excluding hydrogens is 648 g/mol. The number of nitrogen functional groups attached to an aromatic ring is 1. The van der Waals surface area contributed by atoms with Crippen LogP contribution in [0.5, 0.6) is 0 Å². The highest BCUT2D eigenvalue weighted by Gasteiger charge is 2.26. The molecule has 0 aliphatic carbocycles. The Bertz CT molecular complexity index is 2070. The van der Waals surface area contributed by atoms with Crippen LogP contribution in [-0.2, 0) is 16.0 Å². The number of carbonyl (C=O) groups is 3. The minimum absolute atomic E-state index is 0.0538. The summed E-state index contributed by atoms with van der Waals surface area (Å²) in [5, 5.41) is 5.84. The molecule has 4 N–H and O–H groups in total. The van der Waals surface area contributed by atoms with E-state index in [-0.39, 0.29) is 35.4 Å². The van der Waals surface area contributed by atoms with Crippen molar-refractivity contribution in [3.05, 3.63) is 84.1 Å². The Labute approximate surface area is 295 Å². The molecule has 7 rings (SSSR count). The molecule has 2 aliphatic rings. The number of morpholine rings is 1. The van der Waals surface area contributed by atoms with Crippen molar-refractivity contribution >= 4 is 40.8 Å². The summed E-state index contributed by atoms with van der Waals surface area (Å²) in [4.78, 5) is 59.8. The van der Waals surface area contributed by atoms with E-state index in [1.54, 1.807) is 36.1 Å². The van der Waals surface area contributed by atoms with Gasteiger partial charge < -0.3 is 35.3 Å². The van der Waals surface area contributed by atoms with Crippen LogP contribution in [0.3, 0.4) is 0 Å². The number of aryl methyl sites for hydroxylation is 1. The molecule has 262 valence electrons. The Kier molecular flexibility index (Phi) is 9.57. The lowest BCUT2D eigenvalue weighted by Gasteiger charge is -2.34. The van der Waals surface area contributed by atoms with Crippen LogP contribution in [0.25, 0.3) is 28.0 Å². The van der Waals surface area contributed by atoms with Crippen molar-refractivity contribution in [3.8, 4) is 22.4 Å². The van der Waals surface area contributed by atoms with Gasteiger partial charge in [0.25, 0.3) is 11.8 Å². The van der Waals surface area contributed by atoms with E-state index < -0.39 is 0 Å². The van der Waals surface area contributed by atoms with E-state index in [4.69, 9.17) is 15.5 Å². The van der Waals surface area contributed by atoms with E-state index in [0.29, 0.717) is 74.1 Å². The lowest BCUT2D eigenvalue weighted by Crippen LogP contribution is -2.40. The predicted molar refractivity (Wildman–Crippen MR) is 194 cm³/mol. The summed E-state index contributed by atoms with van der Waals surface area (Å²) >= 11 is 0. The number of ether oxygens (including phenoxy) is 1. The van der Waals surface area contributed by atoms with Crippen molar-refractivity contribution in [2.24, 2.45) is 0 Å². The Morgan fingerprint density at radius 3 is 2.33 bits per heavy atom. The number of hydrogen-bond acceptors (Lipinski definition) is 10. The minimum Gasteiger partial charge on any atom is -0.378 e. The largest absolute Gasteiger partial charge is 0.378 e. The van der Waals surface area contributed by atoms with Gasteiger partial charge in [-0.2, -0.15) is 0 Å². The van der Waals surface area contributed by atoms with Gasteiger partial charge in [-0.05, 0) is 67.1 Å². The summed E-state index contributed by atoms with van der Waals surface area (Å²) < 4.78 is 7.32. The fraction of sp³-hybridized carbons (Fsp3) is 0.324. The third-order valence-electron chi connectivity index (χ3n) is 9.29. The second kappa shape index (κ2) is 14.5. The molecule has 51 heavy (non-hydrogen) atoms. The number of amides is 3. The van der Waals surface area contributed by atoms with E-state index in [1.165, 1.54) is 0 Å². The minimum atomic E-state index is -0.323. The van der Waals surface area contributed by atoms with Crippen LogP contribution >= 0.6 is 0 Å². The lowest BCUT2D eigenvalue weighted by atomic mass is 9.93. The number of hydrogen-bond donors (Lipinski definition) is 3. The second-order valence-corrected chi connectivity index (χ2v) is 12.8. The quantitative estimate of drug-likeness (QED) is 0.195. The summed E-state index contributed by atoms with van der Waals surface area (Å²) in [6.07, 6.45) is 9.07. The zero-order valence-corrected chi connectivity index (χ0v) is 28.6. The first kappa shape index (κ1) is 33.6. The SMILES string of the molecule is CC(=O)N1c2ccc(-c3ccc(C(=O)NCCCNC(=O)c4cn5cc(-c6cnc(N)nc6)nc(N6CCOCC6)c5n4)cc3)cc2CC[C@@H]1C. The number of aromatic nitrogens is 5. The van der Waals surface area contributed by atoms with Crippen molar-refractivity contribution < 1.29 is 19.1 Å². The molecule has 1 atom stereocenters.